The summed E-state index contributed by atoms with van der Waals surface area (Å²) in [6, 6.07) is 0. The van der Waals surface area contributed by atoms with Crippen LogP contribution in [0, 0.1) is 0 Å². The number of carboxylic acids is 1. The summed E-state index contributed by atoms with van der Waals surface area (Å²) in [4.78, 5) is 25.9. The number of amides is 1. The third-order valence-electron chi connectivity index (χ3n) is 1.98. The molecule has 5 nitrogen and oxygen atoms in total. The van der Waals surface area contributed by atoms with Crippen LogP contribution in [0.15, 0.2) is 5.38 Å². The average Bonchev–Trinajstić information content (AvgIpc) is 2.78. The maximum atomic E-state index is 11.6. The minimum absolute atomic E-state index is 0.0810. The van der Waals surface area contributed by atoms with E-state index in [0.29, 0.717) is 6.54 Å². The first-order valence-electron chi connectivity index (χ1n) is 5.11. The molecule has 0 aliphatic carbocycles. The highest BCUT2D eigenvalue weighted by atomic mass is 32.2. The average molecular weight is 274 g/mol. The van der Waals surface area contributed by atoms with Gasteiger partial charge in [0.2, 0.25) is 0 Å². The number of thioether (sulfide) groups is 1. The fraction of sp³-hybridized carbons (Fsp3) is 0.500. The molecule has 7 heteroatoms. The number of aromatic carboxylic acids is 1. The summed E-state index contributed by atoms with van der Waals surface area (Å²) < 4.78 is 0. The maximum absolute atomic E-state index is 11.6. The quantitative estimate of drug-likeness (QED) is 0.740. The van der Waals surface area contributed by atoms with E-state index in [1.807, 2.05) is 6.26 Å². The Kier molecular flexibility index (Phi) is 5.99. The van der Waals surface area contributed by atoms with Crippen molar-refractivity contribution >= 4 is 35.0 Å². The first-order chi connectivity index (χ1) is 8.15. The van der Waals surface area contributed by atoms with Crippen LogP contribution in [0.25, 0.3) is 0 Å². The van der Waals surface area contributed by atoms with Gasteiger partial charge in [-0.15, -0.1) is 11.3 Å². The molecule has 1 rings (SSSR count). The molecule has 0 spiro atoms. The van der Waals surface area contributed by atoms with Gasteiger partial charge in [0.05, 0.1) is 0 Å². The summed E-state index contributed by atoms with van der Waals surface area (Å²) in [5, 5.41) is 12.9. The number of carbonyl (C=O) groups excluding carboxylic acids is 1. The first-order valence-corrected chi connectivity index (χ1v) is 7.38. The van der Waals surface area contributed by atoms with Gasteiger partial charge in [0.1, 0.15) is 0 Å². The lowest BCUT2D eigenvalue weighted by Crippen LogP contribution is -2.24. The van der Waals surface area contributed by atoms with Crippen molar-refractivity contribution in [1.82, 2.24) is 10.3 Å². The van der Waals surface area contributed by atoms with E-state index < -0.39 is 5.97 Å². The summed E-state index contributed by atoms with van der Waals surface area (Å²) in [5.74, 6) is -0.331. The van der Waals surface area contributed by atoms with Gasteiger partial charge in [-0.05, 0) is 24.9 Å². The molecule has 0 aromatic carbocycles. The zero-order valence-electron chi connectivity index (χ0n) is 9.43. The second kappa shape index (κ2) is 7.29. The number of rotatable bonds is 7. The van der Waals surface area contributed by atoms with Crippen LogP contribution in [0.5, 0.6) is 0 Å². The van der Waals surface area contributed by atoms with Crippen LogP contribution in [-0.4, -0.2) is 40.5 Å². The van der Waals surface area contributed by atoms with Crippen LogP contribution in [0.3, 0.4) is 0 Å². The molecular weight excluding hydrogens is 260 g/mol. The second-order valence-electron chi connectivity index (χ2n) is 3.30. The van der Waals surface area contributed by atoms with Gasteiger partial charge in [-0.3, -0.25) is 4.79 Å². The molecule has 1 aromatic heterocycles. The first kappa shape index (κ1) is 14.0. The van der Waals surface area contributed by atoms with Crippen LogP contribution in [0.1, 0.15) is 33.1 Å². The molecule has 2 N–H and O–H groups in total. The minimum Gasteiger partial charge on any atom is -0.476 e. The van der Waals surface area contributed by atoms with Crippen molar-refractivity contribution in [1.29, 1.82) is 0 Å². The highest BCUT2D eigenvalue weighted by Crippen LogP contribution is 2.09. The van der Waals surface area contributed by atoms with E-state index in [2.05, 4.69) is 10.3 Å². The predicted octanol–water partition coefficient (Wildman–Crippen LogP) is 1.71. The number of aromatic nitrogens is 1. The molecule has 0 aliphatic rings. The number of unbranched alkanes of at least 4 members (excludes halogenated alkanes) is 1. The van der Waals surface area contributed by atoms with Gasteiger partial charge in [0, 0.05) is 11.9 Å². The van der Waals surface area contributed by atoms with E-state index in [1.54, 1.807) is 11.8 Å². The molecule has 0 radical (unpaired) electrons. The van der Waals surface area contributed by atoms with Gasteiger partial charge in [-0.25, -0.2) is 9.78 Å². The lowest BCUT2D eigenvalue weighted by atomic mass is 10.3. The number of carboxylic acid groups (broad SMARTS) is 1. The van der Waals surface area contributed by atoms with E-state index in [0.717, 1.165) is 29.9 Å². The molecule has 0 atom stereocenters. The van der Waals surface area contributed by atoms with E-state index in [9.17, 15) is 9.59 Å². The van der Waals surface area contributed by atoms with Crippen LogP contribution in [0.4, 0.5) is 0 Å². The topological polar surface area (TPSA) is 79.3 Å². The largest absolute Gasteiger partial charge is 0.476 e. The summed E-state index contributed by atoms with van der Waals surface area (Å²) >= 11 is 2.82. The smallest absolute Gasteiger partial charge is 0.355 e. The van der Waals surface area contributed by atoms with Crippen LogP contribution in [0.2, 0.25) is 0 Å². The van der Waals surface area contributed by atoms with Crippen molar-refractivity contribution in [2.75, 3.05) is 18.6 Å². The number of thiazole rings is 1. The number of nitrogens with zero attached hydrogens (tertiary/aromatic N) is 1. The second-order valence-corrected chi connectivity index (χ2v) is 5.14. The molecule has 0 unspecified atom stereocenters. The van der Waals surface area contributed by atoms with Crippen molar-refractivity contribution in [3.63, 3.8) is 0 Å². The minimum atomic E-state index is -1.11. The Hall–Kier alpha value is -1.08. The fourth-order valence-corrected chi connectivity index (χ4v) is 2.33. The van der Waals surface area contributed by atoms with E-state index in [1.165, 1.54) is 5.38 Å². The Morgan fingerprint density at radius 3 is 2.88 bits per heavy atom. The lowest BCUT2D eigenvalue weighted by molar-refractivity contribution is 0.0691. The number of nitrogens with one attached hydrogen (secondary N) is 1. The van der Waals surface area contributed by atoms with E-state index >= 15 is 0 Å². The van der Waals surface area contributed by atoms with Gasteiger partial charge in [-0.2, -0.15) is 11.8 Å². The van der Waals surface area contributed by atoms with Crippen molar-refractivity contribution in [2.45, 2.75) is 12.8 Å². The van der Waals surface area contributed by atoms with E-state index in [4.69, 9.17) is 5.11 Å². The van der Waals surface area contributed by atoms with Gasteiger partial charge in [0.15, 0.2) is 10.7 Å². The van der Waals surface area contributed by atoms with Gasteiger partial charge in [-0.1, -0.05) is 0 Å². The van der Waals surface area contributed by atoms with Crippen molar-refractivity contribution < 1.29 is 14.7 Å². The number of hydrogen-bond acceptors (Lipinski definition) is 5. The summed E-state index contributed by atoms with van der Waals surface area (Å²) in [5.41, 5.74) is -0.0810. The Morgan fingerprint density at radius 1 is 1.53 bits per heavy atom. The van der Waals surface area contributed by atoms with E-state index in [-0.39, 0.29) is 16.6 Å². The predicted molar refractivity (Wildman–Crippen MR) is 69.0 cm³/mol. The molecule has 1 aromatic rings. The molecule has 1 amide bonds. The summed E-state index contributed by atoms with van der Waals surface area (Å²) in [7, 11) is 0. The SMILES string of the molecule is CSCCCCNC(=O)c1nc(C(=O)O)cs1. The van der Waals surface area contributed by atoms with Crippen molar-refractivity contribution in [2.24, 2.45) is 0 Å². The summed E-state index contributed by atoms with van der Waals surface area (Å²) in [6.45, 7) is 0.599. The lowest BCUT2D eigenvalue weighted by Gasteiger charge is -2.01. The van der Waals surface area contributed by atoms with Crippen LogP contribution >= 0.6 is 23.1 Å². The van der Waals surface area contributed by atoms with Crippen molar-refractivity contribution in [3.8, 4) is 0 Å². The van der Waals surface area contributed by atoms with Gasteiger partial charge < -0.3 is 10.4 Å². The molecule has 0 bridgehead atoms. The third-order valence-corrected chi connectivity index (χ3v) is 3.52. The molecular formula is C10H14N2O3S2. The number of carbonyl (C=O) groups is 2. The Morgan fingerprint density at radius 2 is 2.29 bits per heavy atom. The highest BCUT2D eigenvalue weighted by Gasteiger charge is 2.13. The van der Waals surface area contributed by atoms with Crippen LogP contribution < -0.4 is 5.32 Å². The molecule has 1 heterocycles. The molecule has 0 saturated heterocycles. The fourth-order valence-electron chi connectivity index (χ4n) is 1.13. The Bertz CT molecular complexity index is 393. The van der Waals surface area contributed by atoms with Crippen molar-refractivity contribution in [3.05, 3.63) is 16.1 Å². The Balaban J connectivity index is 2.34. The monoisotopic (exact) mass is 274 g/mol. The van der Waals surface area contributed by atoms with Crippen LogP contribution in [-0.2, 0) is 0 Å². The standard InChI is InChI=1S/C10H14N2O3S2/c1-16-5-3-2-4-11-8(13)9-12-7(6-17-9)10(14)15/h6H,2-5H2,1H3,(H,11,13)(H,14,15). The molecule has 94 valence electrons. The zero-order valence-corrected chi connectivity index (χ0v) is 11.1. The van der Waals surface area contributed by atoms with Gasteiger partial charge in [0.25, 0.3) is 5.91 Å². The third kappa shape index (κ3) is 4.74. The summed E-state index contributed by atoms with van der Waals surface area (Å²) in [6.07, 6.45) is 4.02. The van der Waals surface area contributed by atoms with Gasteiger partial charge >= 0.3 is 5.97 Å². The maximum Gasteiger partial charge on any atom is 0.355 e. The Labute approximate surface area is 108 Å². The molecule has 0 aliphatic heterocycles. The normalized spacial score (nSPS) is 10.2. The molecule has 17 heavy (non-hydrogen) atoms. The number of hydrogen-bond donors (Lipinski definition) is 2. The molecule has 0 fully saturated rings. The molecule has 0 saturated carbocycles. The highest BCUT2D eigenvalue weighted by molar-refractivity contribution is 7.98. The zero-order chi connectivity index (χ0) is 12.7.